The van der Waals surface area contributed by atoms with Crippen LogP contribution in [0.5, 0.6) is 11.5 Å². The summed E-state index contributed by atoms with van der Waals surface area (Å²) in [6.45, 7) is 0.410. The number of hydrogen-bond acceptors (Lipinski definition) is 6. The zero-order valence-corrected chi connectivity index (χ0v) is 12.3. The molecule has 20 heavy (non-hydrogen) atoms. The highest BCUT2D eigenvalue weighted by molar-refractivity contribution is 7.80. The van der Waals surface area contributed by atoms with Crippen molar-refractivity contribution in [1.82, 2.24) is 5.32 Å². The first-order chi connectivity index (χ1) is 9.65. The number of carbonyl (C=O) groups is 1. The number of nitrogens with one attached hydrogen (secondary N) is 1. The van der Waals surface area contributed by atoms with Crippen molar-refractivity contribution < 1.29 is 19.5 Å². The first-order valence-corrected chi connectivity index (χ1v) is 6.60. The van der Waals surface area contributed by atoms with E-state index in [1.807, 2.05) is 0 Å². The second-order valence-corrected chi connectivity index (χ2v) is 4.34. The summed E-state index contributed by atoms with van der Waals surface area (Å²) in [7, 11) is 3.07. The SMILES string of the molecule is COc1ccc(C/C(=N\O)C(=O)NCCS)cc1OC. The molecule has 2 N–H and O–H groups in total. The van der Waals surface area contributed by atoms with Crippen LogP contribution in [0.1, 0.15) is 5.56 Å². The molecule has 0 unspecified atom stereocenters. The normalized spacial score (nSPS) is 11.1. The molecule has 1 rings (SSSR count). The Kier molecular flexibility index (Phi) is 6.72. The van der Waals surface area contributed by atoms with Crippen LogP contribution in [-0.4, -0.2) is 43.3 Å². The molecule has 0 aliphatic rings. The van der Waals surface area contributed by atoms with Crippen molar-refractivity contribution in [1.29, 1.82) is 0 Å². The van der Waals surface area contributed by atoms with Crippen LogP contribution < -0.4 is 14.8 Å². The Balaban J connectivity index is 2.83. The number of rotatable bonds is 7. The summed E-state index contributed by atoms with van der Waals surface area (Å²) in [6, 6.07) is 5.24. The van der Waals surface area contributed by atoms with E-state index in [1.165, 1.54) is 7.11 Å². The fraction of sp³-hybridized carbons (Fsp3) is 0.385. The van der Waals surface area contributed by atoms with E-state index in [0.29, 0.717) is 23.8 Å². The molecule has 7 heteroatoms. The van der Waals surface area contributed by atoms with E-state index in [4.69, 9.17) is 14.7 Å². The van der Waals surface area contributed by atoms with E-state index >= 15 is 0 Å². The van der Waals surface area contributed by atoms with Gasteiger partial charge in [-0.25, -0.2) is 0 Å². The molecule has 0 saturated carbocycles. The average Bonchev–Trinajstić information content (AvgIpc) is 2.49. The third-order valence-electron chi connectivity index (χ3n) is 2.60. The predicted octanol–water partition coefficient (Wildman–Crippen LogP) is 1.12. The second kappa shape index (κ2) is 8.31. The van der Waals surface area contributed by atoms with Crippen LogP contribution in [-0.2, 0) is 11.2 Å². The van der Waals surface area contributed by atoms with E-state index in [2.05, 4.69) is 23.1 Å². The maximum atomic E-state index is 11.7. The number of hydrogen-bond donors (Lipinski definition) is 3. The Morgan fingerprint density at radius 3 is 2.60 bits per heavy atom. The molecule has 1 aromatic carbocycles. The van der Waals surface area contributed by atoms with Gasteiger partial charge < -0.3 is 20.0 Å². The van der Waals surface area contributed by atoms with Crippen molar-refractivity contribution in [2.45, 2.75) is 6.42 Å². The van der Waals surface area contributed by atoms with E-state index in [1.54, 1.807) is 25.3 Å². The molecule has 0 spiro atoms. The zero-order valence-electron chi connectivity index (χ0n) is 11.4. The second-order valence-electron chi connectivity index (χ2n) is 3.89. The van der Waals surface area contributed by atoms with Crippen LogP contribution in [0.25, 0.3) is 0 Å². The number of methoxy groups -OCH3 is 2. The summed E-state index contributed by atoms with van der Waals surface area (Å²) in [5.41, 5.74) is 0.801. The smallest absolute Gasteiger partial charge is 0.269 e. The molecule has 0 fully saturated rings. The Morgan fingerprint density at radius 2 is 2.05 bits per heavy atom. The van der Waals surface area contributed by atoms with Crippen molar-refractivity contribution in [2.24, 2.45) is 5.16 Å². The number of carbonyl (C=O) groups excluding carboxylic acids is 1. The average molecular weight is 298 g/mol. The number of ether oxygens (including phenoxy) is 2. The van der Waals surface area contributed by atoms with Gasteiger partial charge in [-0.15, -0.1) is 0 Å². The van der Waals surface area contributed by atoms with Gasteiger partial charge in [0.15, 0.2) is 11.5 Å². The first-order valence-electron chi connectivity index (χ1n) is 5.97. The van der Waals surface area contributed by atoms with Gasteiger partial charge in [0.1, 0.15) is 5.71 Å². The minimum atomic E-state index is -0.420. The van der Waals surface area contributed by atoms with Gasteiger partial charge in [0, 0.05) is 18.7 Å². The molecule has 0 aromatic heterocycles. The summed E-state index contributed by atoms with van der Waals surface area (Å²) in [5.74, 6) is 1.24. The van der Waals surface area contributed by atoms with Gasteiger partial charge in [0.05, 0.1) is 14.2 Å². The molecule has 1 amide bonds. The lowest BCUT2D eigenvalue weighted by Gasteiger charge is -2.10. The van der Waals surface area contributed by atoms with Gasteiger partial charge in [-0.3, -0.25) is 4.79 Å². The Bertz CT molecular complexity index is 491. The lowest BCUT2D eigenvalue weighted by atomic mass is 10.1. The van der Waals surface area contributed by atoms with Gasteiger partial charge in [-0.05, 0) is 17.7 Å². The van der Waals surface area contributed by atoms with Crippen molar-refractivity contribution in [3.63, 3.8) is 0 Å². The largest absolute Gasteiger partial charge is 0.493 e. The van der Waals surface area contributed by atoms with E-state index in [0.717, 1.165) is 5.56 Å². The van der Waals surface area contributed by atoms with Gasteiger partial charge in [0.2, 0.25) is 0 Å². The molecule has 0 heterocycles. The van der Waals surface area contributed by atoms with Gasteiger partial charge in [-0.1, -0.05) is 11.2 Å². The molecular formula is C13H18N2O4S. The van der Waals surface area contributed by atoms with E-state index in [-0.39, 0.29) is 12.1 Å². The summed E-state index contributed by atoms with van der Waals surface area (Å²) in [4.78, 5) is 11.7. The van der Waals surface area contributed by atoms with Gasteiger partial charge >= 0.3 is 0 Å². The molecule has 1 aromatic rings. The Hall–Kier alpha value is -1.89. The molecule has 0 aliphatic heterocycles. The summed E-state index contributed by atoms with van der Waals surface area (Å²) in [6.07, 6.45) is 0.190. The topological polar surface area (TPSA) is 80.2 Å². The summed E-state index contributed by atoms with van der Waals surface area (Å²) < 4.78 is 10.3. The number of amides is 1. The Labute approximate surface area is 123 Å². The molecule has 0 radical (unpaired) electrons. The molecule has 0 saturated heterocycles. The fourth-order valence-corrected chi connectivity index (χ4v) is 1.73. The molecular weight excluding hydrogens is 280 g/mol. The minimum Gasteiger partial charge on any atom is -0.493 e. The third-order valence-corrected chi connectivity index (χ3v) is 2.82. The highest BCUT2D eigenvalue weighted by Gasteiger charge is 2.14. The molecule has 0 bridgehead atoms. The third kappa shape index (κ3) is 4.34. The van der Waals surface area contributed by atoms with E-state index in [9.17, 15) is 4.79 Å². The zero-order chi connectivity index (χ0) is 15.0. The standard InChI is InChI=1S/C13H18N2O4S/c1-18-11-4-3-9(8-12(11)19-2)7-10(15-17)13(16)14-5-6-20/h3-4,8,17,20H,5-7H2,1-2H3,(H,14,16)/b15-10+. The monoisotopic (exact) mass is 298 g/mol. The van der Waals surface area contributed by atoms with Gasteiger partial charge in [-0.2, -0.15) is 12.6 Å². The summed E-state index contributed by atoms with van der Waals surface area (Å²) in [5, 5.41) is 14.6. The van der Waals surface area contributed by atoms with Crippen LogP contribution >= 0.6 is 12.6 Å². The van der Waals surface area contributed by atoms with Crippen molar-refractivity contribution >= 4 is 24.2 Å². The Morgan fingerprint density at radius 1 is 1.35 bits per heavy atom. The molecule has 0 atom stereocenters. The van der Waals surface area contributed by atoms with Crippen LogP contribution in [0.4, 0.5) is 0 Å². The fourth-order valence-electron chi connectivity index (χ4n) is 1.62. The van der Waals surface area contributed by atoms with Crippen LogP contribution in [0.15, 0.2) is 23.4 Å². The minimum absolute atomic E-state index is 0.0269. The van der Waals surface area contributed by atoms with Crippen LogP contribution in [0.3, 0.4) is 0 Å². The van der Waals surface area contributed by atoms with E-state index < -0.39 is 5.91 Å². The molecule has 0 aliphatic carbocycles. The molecule has 110 valence electrons. The lowest BCUT2D eigenvalue weighted by molar-refractivity contribution is -0.114. The number of nitrogens with zero attached hydrogens (tertiary/aromatic N) is 1. The highest BCUT2D eigenvalue weighted by Crippen LogP contribution is 2.27. The van der Waals surface area contributed by atoms with Crippen molar-refractivity contribution in [3.8, 4) is 11.5 Å². The maximum absolute atomic E-state index is 11.7. The van der Waals surface area contributed by atoms with Gasteiger partial charge in [0.25, 0.3) is 5.91 Å². The van der Waals surface area contributed by atoms with Crippen molar-refractivity contribution in [2.75, 3.05) is 26.5 Å². The molecule has 6 nitrogen and oxygen atoms in total. The van der Waals surface area contributed by atoms with Crippen LogP contribution in [0, 0.1) is 0 Å². The highest BCUT2D eigenvalue weighted by atomic mass is 32.1. The number of oxime groups is 1. The number of benzene rings is 1. The lowest BCUT2D eigenvalue weighted by Crippen LogP contribution is -2.33. The first kappa shape index (κ1) is 16.2. The maximum Gasteiger partial charge on any atom is 0.269 e. The summed E-state index contributed by atoms with van der Waals surface area (Å²) >= 11 is 3.99. The van der Waals surface area contributed by atoms with Crippen LogP contribution in [0.2, 0.25) is 0 Å². The van der Waals surface area contributed by atoms with Crippen molar-refractivity contribution in [3.05, 3.63) is 23.8 Å². The predicted molar refractivity (Wildman–Crippen MR) is 79.3 cm³/mol. The number of thiol groups is 1. The quantitative estimate of drug-likeness (QED) is 0.305.